The van der Waals surface area contributed by atoms with E-state index >= 15 is 0 Å². The minimum Gasteiger partial charge on any atom is -0.388 e. The summed E-state index contributed by atoms with van der Waals surface area (Å²) in [6.07, 6.45) is 2.03. The molecular weight excluding hydrogens is 182 g/mol. The van der Waals surface area contributed by atoms with Crippen molar-refractivity contribution in [1.82, 2.24) is 5.32 Å². The van der Waals surface area contributed by atoms with Crippen LogP contribution in [-0.2, 0) is 9.53 Å². The summed E-state index contributed by atoms with van der Waals surface area (Å²) < 4.78 is 5.41. The standard InChI is InChI=1S/C10H19NO3/c1-3-14-9-6-4-5-8(10(9)13)11-7(2)12/h8-10,13H,3-6H2,1-2H3,(H,11,12)/t8-,9+,10+/m1/s1. The van der Waals surface area contributed by atoms with Crippen LogP contribution in [0.15, 0.2) is 0 Å². The number of aliphatic hydroxyl groups is 1. The first-order valence-corrected chi connectivity index (χ1v) is 5.22. The Kier molecular flexibility index (Phi) is 4.35. The average molecular weight is 201 g/mol. The highest BCUT2D eigenvalue weighted by atomic mass is 16.5. The fraction of sp³-hybridized carbons (Fsp3) is 0.900. The van der Waals surface area contributed by atoms with Gasteiger partial charge in [0.1, 0.15) is 6.10 Å². The predicted molar refractivity (Wildman–Crippen MR) is 52.9 cm³/mol. The summed E-state index contributed by atoms with van der Waals surface area (Å²) in [5.41, 5.74) is 0. The van der Waals surface area contributed by atoms with Crippen molar-refractivity contribution in [2.75, 3.05) is 6.61 Å². The van der Waals surface area contributed by atoms with Crippen LogP contribution in [0.25, 0.3) is 0 Å². The molecule has 1 amide bonds. The molecule has 0 radical (unpaired) electrons. The summed E-state index contributed by atoms with van der Waals surface area (Å²) in [5.74, 6) is -0.0915. The van der Waals surface area contributed by atoms with Gasteiger partial charge in [0.15, 0.2) is 0 Å². The smallest absolute Gasteiger partial charge is 0.217 e. The Labute approximate surface area is 84.6 Å². The fourth-order valence-electron chi connectivity index (χ4n) is 1.95. The molecule has 0 bridgehead atoms. The maximum absolute atomic E-state index is 10.9. The molecule has 4 nitrogen and oxygen atoms in total. The third-order valence-corrected chi connectivity index (χ3v) is 2.57. The normalized spacial score (nSPS) is 32.6. The van der Waals surface area contributed by atoms with E-state index in [0.717, 1.165) is 19.3 Å². The van der Waals surface area contributed by atoms with Gasteiger partial charge >= 0.3 is 0 Å². The van der Waals surface area contributed by atoms with Crippen LogP contribution in [0.3, 0.4) is 0 Å². The number of aliphatic hydroxyl groups excluding tert-OH is 1. The maximum Gasteiger partial charge on any atom is 0.217 e. The van der Waals surface area contributed by atoms with Crippen LogP contribution in [0.4, 0.5) is 0 Å². The molecule has 2 N–H and O–H groups in total. The number of nitrogens with one attached hydrogen (secondary N) is 1. The summed E-state index contributed by atoms with van der Waals surface area (Å²) in [6.45, 7) is 3.99. The number of rotatable bonds is 3. The second kappa shape index (κ2) is 5.32. The van der Waals surface area contributed by atoms with Gasteiger partial charge in [-0.25, -0.2) is 0 Å². The van der Waals surface area contributed by atoms with Gasteiger partial charge in [-0.05, 0) is 26.2 Å². The molecule has 4 heteroatoms. The second-order valence-corrected chi connectivity index (χ2v) is 3.72. The van der Waals surface area contributed by atoms with Crippen LogP contribution in [0, 0.1) is 0 Å². The van der Waals surface area contributed by atoms with Crippen molar-refractivity contribution in [2.45, 2.75) is 51.4 Å². The molecule has 0 saturated heterocycles. The number of ether oxygens (including phenoxy) is 1. The SMILES string of the molecule is CCO[C@H]1CCC[C@@H](NC(C)=O)[C@@H]1O. The first-order chi connectivity index (χ1) is 6.65. The summed E-state index contributed by atoms with van der Waals surface area (Å²) in [5, 5.41) is 12.6. The zero-order valence-corrected chi connectivity index (χ0v) is 8.82. The van der Waals surface area contributed by atoms with Gasteiger partial charge in [-0.2, -0.15) is 0 Å². The molecule has 0 spiro atoms. The van der Waals surface area contributed by atoms with Gasteiger partial charge in [-0.3, -0.25) is 4.79 Å². The lowest BCUT2D eigenvalue weighted by Gasteiger charge is -2.34. The highest BCUT2D eigenvalue weighted by Crippen LogP contribution is 2.21. The van der Waals surface area contributed by atoms with Crippen LogP contribution in [0.1, 0.15) is 33.1 Å². The summed E-state index contributed by atoms with van der Waals surface area (Å²) in [7, 11) is 0. The molecule has 1 fully saturated rings. The van der Waals surface area contributed by atoms with E-state index in [1.54, 1.807) is 0 Å². The Morgan fingerprint density at radius 2 is 2.29 bits per heavy atom. The van der Waals surface area contributed by atoms with Crippen molar-refractivity contribution >= 4 is 5.91 Å². The highest BCUT2D eigenvalue weighted by Gasteiger charge is 2.32. The molecule has 0 aromatic rings. The van der Waals surface area contributed by atoms with E-state index in [2.05, 4.69) is 5.32 Å². The molecule has 1 rings (SSSR count). The lowest BCUT2D eigenvalue weighted by Crippen LogP contribution is -2.51. The number of hydrogen-bond acceptors (Lipinski definition) is 3. The van der Waals surface area contributed by atoms with E-state index in [1.807, 2.05) is 6.92 Å². The highest BCUT2D eigenvalue weighted by molar-refractivity contribution is 5.73. The molecule has 0 unspecified atom stereocenters. The Balaban J connectivity index is 2.47. The molecular formula is C10H19NO3. The van der Waals surface area contributed by atoms with Gasteiger partial charge in [0.25, 0.3) is 0 Å². The van der Waals surface area contributed by atoms with Gasteiger partial charge in [-0.15, -0.1) is 0 Å². The first kappa shape index (κ1) is 11.5. The molecule has 1 aliphatic rings. The van der Waals surface area contributed by atoms with Crippen molar-refractivity contribution in [3.63, 3.8) is 0 Å². The molecule has 14 heavy (non-hydrogen) atoms. The molecule has 0 heterocycles. The van der Waals surface area contributed by atoms with Gasteiger partial charge in [-0.1, -0.05) is 0 Å². The summed E-state index contributed by atoms with van der Waals surface area (Å²) in [4.78, 5) is 10.9. The lowest BCUT2D eigenvalue weighted by atomic mass is 9.90. The zero-order valence-electron chi connectivity index (χ0n) is 8.82. The molecule has 0 aromatic heterocycles. The van der Waals surface area contributed by atoms with E-state index in [1.165, 1.54) is 6.92 Å². The lowest BCUT2D eigenvalue weighted by molar-refractivity contribution is -0.123. The zero-order chi connectivity index (χ0) is 10.6. The van der Waals surface area contributed by atoms with Crippen LogP contribution < -0.4 is 5.32 Å². The van der Waals surface area contributed by atoms with Gasteiger partial charge in [0, 0.05) is 13.5 Å². The van der Waals surface area contributed by atoms with Crippen LogP contribution in [0.5, 0.6) is 0 Å². The predicted octanol–water partition coefficient (Wildman–Crippen LogP) is 0.441. The third kappa shape index (κ3) is 2.96. The Hall–Kier alpha value is -0.610. The molecule has 0 aromatic carbocycles. The minimum atomic E-state index is -0.562. The van der Waals surface area contributed by atoms with Gasteiger partial charge in [0.2, 0.25) is 5.91 Å². The topological polar surface area (TPSA) is 58.6 Å². The first-order valence-electron chi connectivity index (χ1n) is 5.22. The minimum absolute atomic E-state index is 0.0915. The number of carbonyl (C=O) groups is 1. The van der Waals surface area contributed by atoms with Crippen molar-refractivity contribution < 1.29 is 14.6 Å². The fourth-order valence-corrected chi connectivity index (χ4v) is 1.95. The van der Waals surface area contributed by atoms with E-state index in [4.69, 9.17) is 4.74 Å². The summed E-state index contributed by atoms with van der Waals surface area (Å²) in [6, 6.07) is -0.141. The van der Waals surface area contributed by atoms with E-state index in [0.29, 0.717) is 6.61 Å². The van der Waals surface area contributed by atoms with Crippen LogP contribution >= 0.6 is 0 Å². The molecule has 3 atom stereocenters. The van der Waals surface area contributed by atoms with Crippen LogP contribution in [0.2, 0.25) is 0 Å². The van der Waals surface area contributed by atoms with E-state index < -0.39 is 6.10 Å². The van der Waals surface area contributed by atoms with Crippen molar-refractivity contribution in [3.8, 4) is 0 Å². The van der Waals surface area contributed by atoms with Crippen molar-refractivity contribution in [1.29, 1.82) is 0 Å². The monoisotopic (exact) mass is 201 g/mol. The Bertz CT molecular complexity index is 194. The maximum atomic E-state index is 10.9. The molecule has 1 aliphatic carbocycles. The van der Waals surface area contributed by atoms with Crippen LogP contribution in [-0.4, -0.2) is 35.9 Å². The number of carbonyl (C=O) groups excluding carboxylic acids is 1. The van der Waals surface area contributed by atoms with E-state index in [9.17, 15) is 9.90 Å². The largest absolute Gasteiger partial charge is 0.388 e. The molecule has 1 saturated carbocycles. The summed E-state index contributed by atoms with van der Waals surface area (Å²) >= 11 is 0. The number of amides is 1. The van der Waals surface area contributed by atoms with Crippen molar-refractivity contribution in [3.05, 3.63) is 0 Å². The van der Waals surface area contributed by atoms with Crippen molar-refractivity contribution in [2.24, 2.45) is 0 Å². The quantitative estimate of drug-likeness (QED) is 0.696. The number of hydrogen-bond donors (Lipinski definition) is 2. The second-order valence-electron chi connectivity index (χ2n) is 3.72. The molecule has 0 aliphatic heterocycles. The van der Waals surface area contributed by atoms with Gasteiger partial charge in [0.05, 0.1) is 12.1 Å². The Morgan fingerprint density at radius 1 is 1.57 bits per heavy atom. The van der Waals surface area contributed by atoms with E-state index in [-0.39, 0.29) is 18.1 Å². The average Bonchev–Trinajstić information content (AvgIpc) is 2.11. The molecule has 82 valence electrons. The third-order valence-electron chi connectivity index (χ3n) is 2.57. The van der Waals surface area contributed by atoms with Gasteiger partial charge < -0.3 is 15.2 Å². The Morgan fingerprint density at radius 3 is 2.86 bits per heavy atom.